The first kappa shape index (κ1) is 11.0. The molecule has 2 spiro atoms. The normalized spacial score (nSPS) is 46.9. The van der Waals surface area contributed by atoms with Crippen molar-refractivity contribution in [2.24, 2.45) is 11.8 Å². The van der Waals surface area contributed by atoms with E-state index in [2.05, 4.69) is 19.2 Å². The molecule has 1 aliphatic carbocycles. The standard InChI is InChI=1S/C13H23NO2/c1-10-5-11(2)7-13(6-10)14-12(3-4-16-13)8-15-9-12/h10-11,14H,3-9H2,1-2H3. The van der Waals surface area contributed by atoms with Crippen LogP contribution in [-0.2, 0) is 9.47 Å². The fourth-order valence-corrected chi connectivity index (χ4v) is 3.87. The van der Waals surface area contributed by atoms with E-state index >= 15 is 0 Å². The van der Waals surface area contributed by atoms with Gasteiger partial charge in [-0.2, -0.15) is 0 Å². The van der Waals surface area contributed by atoms with E-state index in [0.29, 0.717) is 0 Å². The smallest absolute Gasteiger partial charge is 0.120 e. The molecule has 3 aliphatic rings. The van der Waals surface area contributed by atoms with E-state index in [1.165, 1.54) is 19.3 Å². The Labute approximate surface area is 97.9 Å². The molecule has 0 aromatic carbocycles. The summed E-state index contributed by atoms with van der Waals surface area (Å²) in [5, 5.41) is 3.80. The van der Waals surface area contributed by atoms with Crippen molar-refractivity contribution in [3.8, 4) is 0 Å². The van der Waals surface area contributed by atoms with Gasteiger partial charge in [-0.1, -0.05) is 13.8 Å². The summed E-state index contributed by atoms with van der Waals surface area (Å²) in [6.07, 6.45) is 4.78. The molecule has 2 saturated heterocycles. The van der Waals surface area contributed by atoms with E-state index < -0.39 is 0 Å². The highest BCUT2D eigenvalue weighted by atomic mass is 16.5. The summed E-state index contributed by atoms with van der Waals surface area (Å²) in [5.41, 5.74) is 0.203. The lowest BCUT2D eigenvalue weighted by Crippen LogP contribution is -2.72. The van der Waals surface area contributed by atoms with Crippen LogP contribution in [0.25, 0.3) is 0 Å². The molecule has 2 atom stereocenters. The van der Waals surface area contributed by atoms with E-state index in [-0.39, 0.29) is 11.3 Å². The lowest BCUT2D eigenvalue weighted by atomic mass is 9.75. The lowest BCUT2D eigenvalue weighted by Gasteiger charge is -2.55. The van der Waals surface area contributed by atoms with Crippen LogP contribution in [-0.4, -0.2) is 31.1 Å². The van der Waals surface area contributed by atoms with Crippen LogP contribution in [0.3, 0.4) is 0 Å². The third-order valence-corrected chi connectivity index (χ3v) is 4.37. The van der Waals surface area contributed by atoms with Gasteiger partial charge in [0.1, 0.15) is 5.72 Å². The van der Waals surface area contributed by atoms with Crippen LogP contribution in [0.2, 0.25) is 0 Å². The number of hydrogen-bond acceptors (Lipinski definition) is 3. The molecule has 1 N–H and O–H groups in total. The second-order valence-corrected chi connectivity index (χ2v) is 6.35. The van der Waals surface area contributed by atoms with Crippen molar-refractivity contribution in [2.75, 3.05) is 19.8 Å². The summed E-state index contributed by atoms with van der Waals surface area (Å²) in [6.45, 7) is 7.35. The van der Waals surface area contributed by atoms with E-state index in [9.17, 15) is 0 Å². The maximum Gasteiger partial charge on any atom is 0.120 e. The van der Waals surface area contributed by atoms with Gasteiger partial charge in [0.05, 0.1) is 25.4 Å². The molecule has 92 valence electrons. The van der Waals surface area contributed by atoms with Gasteiger partial charge in [0.2, 0.25) is 0 Å². The minimum absolute atomic E-state index is 0.0425. The first-order valence-corrected chi connectivity index (χ1v) is 6.63. The van der Waals surface area contributed by atoms with E-state index in [1.54, 1.807) is 0 Å². The van der Waals surface area contributed by atoms with Gasteiger partial charge in [0.15, 0.2) is 0 Å². The zero-order chi connectivity index (χ0) is 11.2. The fourth-order valence-electron chi connectivity index (χ4n) is 3.87. The molecule has 0 aromatic heterocycles. The van der Waals surface area contributed by atoms with Gasteiger partial charge in [-0.05, 0) is 37.5 Å². The second-order valence-electron chi connectivity index (χ2n) is 6.35. The zero-order valence-electron chi connectivity index (χ0n) is 10.4. The Balaban J connectivity index is 1.76. The third-order valence-electron chi connectivity index (χ3n) is 4.37. The van der Waals surface area contributed by atoms with Crippen molar-refractivity contribution in [3.05, 3.63) is 0 Å². The molecular formula is C13H23NO2. The van der Waals surface area contributed by atoms with Crippen molar-refractivity contribution in [2.45, 2.75) is 50.8 Å². The van der Waals surface area contributed by atoms with Crippen LogP contribution < -0.4 is 5.32 Å². The molecule has 3 nitrogen and oxygen atoms in total. The van der Waals surface area contributed by atoms with Crippen LogP contribution in [0.15, 0.2) is 0 Å². The highest BCUT2D eigenvalue weighted by Gasteiger charge is 2.51. The maximum atomic E-state index is 6.11. The molecule has 16 heavy (non-hydrogen) atoms. The monoisotopic (exact) mass is 225 g/mol. The third kappa shape index (κ3) is 1.79. The Morgan fingerprint density at radius 1 is 1.12 bits per heavy atom. The number of rotatable bonds is 0. The van der Waals surface area contributed by atoms with Crippen molar-refractivity contribution < 1.29 is 9.47 Å². The van der Waals surface area contributed by atoms with E-state index in [0.717, 1.165) is 38.1 Å². The molecule has 3 fully saturated rings. The minimum atomic E-state index is -0.0425. The predicted octanol–water partition coefficient (Wildman–Crippen LogP) is 1.92. The van der Waals surface area contributed by atoms with Gasteiger partial charge in [0.25, 0.3) is 0 Å². The molecule has 0 bridgehead atoms. The quantitative estimate of drug-likeness (QED) is 0.683. The molecule has 3 heteroatoms. The maximum absolute atomic E-state index is 6.11. The highest BCUT2D eigenvalue weighted by Crippen LogP contribution is 2.41. The molecule has 2 unspecified atom stereocenters. The number of ether oxygens (including phenoxy) is 2. The average molecular weight is 225 g/mol. The van der Waals surface area contributed by atoms with Gasteiger partial charge >= 0.3 is 0 Å². The summed E-state index contributed by atoms with van der Waals surface area (Å²) in [6, 6.07) is 0. The Morgan fingerprint density at radius 2 is 1.81 bits per heavy atom. The average Bonchev–Trinajstić information content (AvgIpc) is 2.13. The van der Waals surface area contributed by atoms with Gasteiger partial charge < -0.3 is 9.47 Å². The van der Waals surface area contributed by atoms with Crippen LogP contribution >= 0.6 is 0 Å². The SMILES string of the molecule is CC1CC(C)CC2(C1)NC1(CCO2)COC1. The Kier molecular flexibility index (Phi) is 2.54. The van der Waals surface area contributed by atoms with Gasteiger partial charge in [0, 0.05) is 0 Å². The van der Waals surface area contributed by atoms with Gasteiger partial charge in [-0.15, -0.1) is 0 Å². The molecule has 0 amide bonds. The fraction of sp³-hybridized carbons (Fsp3) is 1.00. The molecule has 0 radical (unpaired) electrons. The Morgan fingerprint density at radius 3 is 2.38 bits per heavy atom. The Bertz CT molecular complexity index is 265. The lowest BCUT2D eigenvalue weighted by molar-refractivity contribution is -0.215. The van der Waals surface area contributed by atoms with Crippen molar-refractivity contribution in [3.63, 3.8) is 0 Å². The molecule has 2 aliphatic heterocycles. The highest BCUT2D eigenvalue weighted by molar-refractivity contribution is 5.03. The van der Waals surface area contributed by atoms with Crippen molar-refractivity contribution in [1.82, 2.24) is 5.32 Å². The van der Waals surface area contributed by atoms with Gasteiger partial charge in [-0.25, -0.2) is 0 Å². The number of nitrogens with one attached hydrogen (secondary N) is 1. The van der Waals surface area contributed by atoms with Crippen LogP contribution in [0.4, 0.5) is 0 Å². The molecule has 3 rings (SSSR count). The molecule has 0 aromatic rings. The summed E-state index contributed by atoms with van der Waals surface area (Å²) in [7, 11) is 0. The first-order valence-electron chi connectivity index (χ1n) is 6.63. The van der Waals surface area contributed by atoms with Crippen LogP contribution in [0.1, 0.15) is 39.5 Å². The van der Waals surface area contributed by atoms with Gasteiger partial charge in [-0.3, -0.25) is 5.32 Å². The topological polar surface area (TPSA) is 30.5 Å². The summed E-state index contributed by atoms with van der Waals surface area (Å²) in [4.78, 5) is 0. The predicted molar refractivity (Wildman–Crippen MR) is 62.2 cm³/mol. The summed E-state index contributed by atoms with van der Waals surface area (Å²) < 4.78 is 11.5. The molecular weight excluding hydrogens is 202 g/mol. The van der Waals surface area contributed by atoms with E-state index in [4.69, 9.17) is 9.47 Å². The number of hydrogen-bond donors (Lipinski definition) is 1. The van der Waals surface area contributed by atoms with Crippen molar-refractivity contribution >= 4 is 0 Å². The molecule has 2 heterocycles. The molecule has 1 saturated carbocycles. The minimum Gasteiger partial charge on any atom is -0.377 e. The first-order chi connectivity index (χ1) is 7.62. The summed E-state index contributed by atoms with van der Waals surface area (Å²) >= 11 is 0. The Hall–Kier alpha value is -0.120. The van der Waals surface area contributed by atoms with Crippen molar-refractivity contribution in [1.29, 1.82) is 0 Å². The zero-order valence-corrected chi connectivity index (χ0v) is 10.4. The largest absolute Gasteiger partial charge is 0.377 e. The summed E-state index contributed by atoms with van der Waals surface area (Å²) in [5.74, 6) is 1.54. The second kappa shape index (κ2) is 3.69. The van der Waals surface area contributed by atoms with Crippen LogP contribution in [0, 0.1) is 11.8 Å². The van der Waals surface area contributed by atoms with Crippen LogP contribution in [0.5, 0.6) is 0 Å². The van der Waals surface area contributed by atoms with E-state index in [1.807, 2.05) is 0 Å².